The molecule has 1 aromatic heterocycles. The van der Waals surface area contributed by atoms with Gasteiger partial charge in [0.15, 0.2) is 0 Å². The van der Waals surface area contributed by atoms with Crippen LogP contribution in [0.5, 0.6) is 0 Å². The SMILES string of the molecule is CCn1cncc1CNC1CCOC(C)C1. The normalized spacial score (nSPS) is 25.9. The summed E-state index contributed by atoms with van der Waals surface area (Å²) in [7, 11) is 0. The number of ether oxygens (including phenoxy) is 1. The van der Waals surface area contributed by atoms with Crippen LogP contribution in [0, 0.1) is 0 Å². The minimum atomic E-state index is 0.391. The number of imidazole rings is 1. The van der Waals surface area contributed by atoms with Crippen LogP contribution in [-0.4, -0.2) is 28.3 Å². The standard InChI is InChI=1S/C12H21N3O/c1-3-15-9-13-7-12(15)8-14-11-4-5-16-10(2)6-11/h7,9-11,14H,3-6,8H2,1-2H3. The van der Waals surface area contributed by atoms with Crippen LogP contribution < -0.4 is 5.32 Å². The number of aryl methyl sites for hydroxylation is 1. The maximum Gasteiger partial charge on any atom is 0.0948 e. The summed E-state index contributed by atoms with van der Waals surface area (Å²) in [6.45, 7) is 7.06. The van der Waals surface area contributed by atoms with Crippen molar-refractivity contribution in [2.75, 3.05) is 6.61 Å². The molecule has 0 amide bonds. The van der Waals surface area contributed by atoms with E-state index in [0.29, 0.717) is 12.1 Å². The van der Waals surface area contributed by atoms with Crippen molar-refractivity contribution in [1.29, 1.82) is 0 Å². The Hall–Kier alpha value is -0.870. The molecule has 0 bridgehead atoms. The lowest BCUT2D eigenvalue weighted by Crippen LogP contribution is -2.37. The molecule has 1 saturated heterocycles. The molecule has 2 rings (SSSR count). The first-order chi connectivity index (χ1) is 7.79. The zero-order chi connectivity index (χ0) is 11.4. The Kier molecular flexibility index (Phi) is 3.96. The molecule has 0 saturated carbocycles. The van der Waals surface area contributed by atoms with Crippen LogP contribution in [0.15, 0.2) is 12.5 Å². The van der Waals surface area contributed by atoms with Crippen molar-refractivity contribution in [2.45, 2.75) is 51.9 Å². The van der Waals surface area contributed by atoms with E-state index in [2.05, 4.69) is 28.7 Å². The number of nitrogens with one attached hydrogen (secondary N) is 1. The van der Waals surface area contributed by atoms with Gasteiger partial charge in [-0.3, -0.25) is 0 Å². The van der Waals surface area contributed by atoms with E-state index >= 15 is 0 Å². The van der Waals surface area contributed by atoms with Crippen LogP contribution in [0.4, 0.5) is 0 Å². The first kappa shape index (κ1) is 11.6. The third kappa shape index (κ3) is 2.83. The molecule has 4 heteroatoms. The van der Waals surface area contributed by atoms with Crippen LogP contribution in [-0.2, 0) is 17.8 Å². The first-order valence-electron chi connectivity index (χ1n) is 6.13. The summed E-state index contributed by atoms with van der Waals surface area (Å²) in [5.74, 6) is 0. The average molecular weight is 223 g/mol. The summed E-state index contributed by atoms with van der Waals surface area (Å²) >= 11 is 0. The summed E-state index contributed by atoms with van der Waals surface area (Å²) in [5.41, 5.74) is 1.27. The summed E-state index contributed by atoms with van der Waals surface area (Å²) in [4.78, 5) is 4.17. The second-order valence-corrected chi connectivity index (χ2v) is 4.45. The van der Waals surface area contributed by atoms with E-state index in [-0.39, 0.29) is 0 Å². The van der Waals surface area contributed by atoms with Crippen molar-refractivity contribution >= 4 is 0 Å². The van der Waals surface area contributed by atoms with Crippen molar-refractivity contribution in [2.24, 2.45) is 0 Å². The lowest BCUT2D eigenvalue weighted by molar-refractivity contribution is 0.0129. The van der Waals surface area contributed by atoms with Gasteiger partial charge in [0.25, 0.3) is 0 Å². The van der Waals surface area contributed by atoms with Crippen LogP contribution in [0.3, 0.4) is 0 Å². The molecule has 0 spiro atoms. The van der Waals surface area contributed by atoms with E-state index in [1.807, 2.05) is 12.5 Å². The Labute approximate surface area is 97.0 Å². The molecule has 1 aliphatic heterocycles. The smallest absolute Gasteiger partial charge is 0.0948 e. The molecule has 0 aliphatic carbocycles. The topological polar surface area (TPSA) is 39.1 Å². The lowest BCUT2D eigenvalue weighted by Gasteiger charge is -2.28. The Morgan fingerprint density at radius 3 is 3.25 bits per heavy atom. The summed E-state index contributed by atoms with van der Waals surface area (Å²) < 4.78 is 7.71. The van der Waals surface area contributed by atoms with E-state index in [0.717, 1.165) is 32.5 Å². The highest BCUT2D eigenvalue weighted by atomic mass is 16.5. The van der Waals surface area contributed by atoms with E-state index in [9.17, 15) is 0 Å². The van der Waals surface area contributed by atoms with Gasteiger partial charge >= 0.3 is 0 Å². The molecular weight excluding hydrogens is 202 g/mol. The van der Waals surface area contributed by atoms with Gasteiger partial charge in [0.1, 0.15) is 0 Å². The predicted octanol–water partition coefficient (Wildman–Crippen LogP) is 1.56. The molecule has 2 atom stereocenters. The quantitative estimate of drug-likeness (QED) is 0.842. The molecule has 2 unspecified atom stereocenters. The van der Waals surface area contributed by atoms with Crippen LogP contribution in [0.1, 0.15) is 32.4 Å². The summed E-state index contributed by atoms with van der Waals surface area (Å²) in [5, 5.41) is 3.59. The zero-order valence-electron chi connectivity index (χ0n) is 10.1. The van der Waals surface area contributed by atoms with Crippen molar-refractivity contribution < 1.29 is 4.74 Å². The minimum absolute atomic E-state index is 0.391. The fourth-order valence-electron chi connectivity index (χ4n) is 2.21. The molecular formula is C12H21N3O. The highest BCUT2D eigenvalue weighted by Gasteiger charge is 2.18. The summed E-state index contributed by atoms with van der Waals surface area (Å²) in [6, 6.07) is 0.587. The van der Waals surface area contributed by atoms with Gasteiger partial charge in [-0.1, -0.05) is 0 Å². The van der Waals surface area contributed by atoms with Gasteiger partial charge in [-0.2, -0.15) is 0 Å². The fraction of sp³-hybridized carbons (Fsp3) is 0.750. The number of aromatic nitrogens is 2. The van der Waals surface area contributed by atoms with Gasteiger partial charge < -0.3 is 14.6 Å². The number of rotatable bonds is 4. The second-order valence-electron chi connectivity index (χ2n) is 4.45. The van der Waals surface area contributed by atoms with Gasteiger partial charge in [-0.05, 0) is 26.7 Å². The monoisotopic (exact) mass is 223 g/mol. The van der Waals surface area contributed by atoms with E-state index < -0.39 is 0 Å². The third-order valence-electron chi connectivity index (χ3n) is 3.20. The molecule has 90 valence electrons. The van der Waals surface area contributed by atoms with Gasteiger partial charge in [0, 0.05) is 31.9 Å². The van der Waals surface area contributed by atoms with Gasteiger partial charge in [-0.25, -0.2) is 4.98 Å². The van der Waals surface area contributed by atoms with E-state index in [4.69, 9.17) is 4.74 Å². The van der Waals surface area contributed by atoms with Crippen molar-refractivity contribution in [3.8, 4) is 0 Å². The van der Waals surface area contributed by atoms with Gasteiger partial charge in [0.2, 0.25) is 0 Å². The van der Waals surface area contributed by atoms with Crippen molar-refractivity contribution in [1.82, 2.24) is 14.9 Å². The number of hydrogen-bond acceptors (Lipinski definition) is 3. The highest BCUT2D eigenvalue weighted by molar-refractivity contribution is 4.98. The van der Waals surface area contributed by atoms with Crippen molar-refractivity contribution in [3.63, 3.8) is 0 Å². The Morgan fingerprint density at radius 1 is 1.62 bits per heavy atom. The third-order valence-corrected chi connectivity index (χ3v) is 3.20. The molecule has 16 heavy (non-hydrogen) atoms. The Bertz CT molecular complexity index is 324. The molecule has 1 fully saturated rings. The molecule has 0 aromatic carbocycles. The predicted molar refractivity (Wildman–Crippen MR) is 63.2 cm³/mol. The molecule has 1 aromatic rings. The molecule has 1 aliphatic rings. The Morgan fingerprint density at radius 2 is 2.50 bits per heavy atom. The van der Waals surface area contributed by atoms with E-state index in [1.54, 1.807) is 0 Å². The molecule has 4 nitrogen and oxygen atoms in total. The maximum atomic E-state index is 5.53. The van der Waals surface area contributed by atoms with Crippen LogP contribution >= 0.6 is 0 Å². The fourth-order valence-corrected chi connectivity index (χ4v) is 2.21. The lowest BCUT2D eigenvalue weighted by atomic mass is 10.0. The molecule has 1 N–H and O–H groups in total. The van der Waals surface area contributed by atoms with Crippen LogP contribution in [0.2, 0.25) is 0 Å². The van der Waals surface area contributed by atoms with Crippen molar-refractivity contribution in [3.05, 3.63) is 18.2 Å². The van der Waals surface area contributed by atoms with Crippen LogP contribution in [0.25, 0.3) is 0 Å². The largest absolute Gasteiger partial charge is 0.378 e. The maximum absolute atomic E-state index is 5.53. The number of nitrogens with zero attached hydrogens (tertiary/aromatic N) is 2. The zero-order valence-corrected chi connectivity index (χ0v) is 10.1. The first-order valence-corrected chi connectivity index (χ1v) is 6.13. The average Bonchev–Trinajstić information content (AvgIpc) is 2.74. The highest BCUT2D eigenvalue weighted by Crippen LogP contribution is 2.13. The Balaban J connectivity index is 1.82. The van der Waals surface area contributed by atoms with Gasteiger partial charge in [0.05, 0.1) is 18.1 Å². The number of hydrogen-bond donors (Lipinski definition) is 1. The van der Waals surface area contributed by atoms with E-state index in [1.165, 1.54) is 5.69 Å². The minimum Gasteiger partial charge on any atom is -0.378 e. The van der Waals surface area contributed by atoms with Gasteiger partial charge in [-0.15, -0.1) is 0 Å². The molecule has 2 heterocycles. The second kappa shape index (κ2) is 5.46. The summed E-state index contributed by atoms with van der Waals surface area (Å²) in [6.07, 6.45) is 6.45. The molecule has 0 radical (unpaired) electrons.